The molecule has 0 radical (unpaired) electrons. The van der Waals surface area contributed by atoms with E-state index in [9.17, 15) is 0 Å². The van der Waals surface area contributed by atoms with E-state index >= 15 is 0 Å². The fraction of sp³-hybridized carbons (Fsp3) is 0. The quantitative estimate of drug-likeness (QED) is 0.368. The first kappa shape index (κ1) is 49.6. The van der Waals surface area contributed by atoms with Crippen LogP contribution in [-0.2, 0) is 0 Å². The summed E-state index contributed by atoms with van der Waals surface area (Å²) in [5, 5.41) is 0. The van der Waals surface area contributed by atoms with Crippen molar-refractivity contribution in [1.82, 2.24) is 0 Å². The van der Waals surface area contributed by atoms with Crippen molar-refractivity contribution in [2.75, 3.05) is 0 Å². The van der Waals surface area contributed by atoms with Crippen LogP contribution in [0.2, 0.25) is 0 Å². The van der Waals surface area contributed by atoms with Crippen molar-refractivity contribution < 1.29 is 22.5 Å². The SMILES string of the molecule is OCl.[Al+3].[Al+3].[Cl-].[OH-]. The van der Waals surface area contributed by atoms with Crippen LogP contribution in [0.25, 0.3) is 0 Å². The predicted molar refractivity (Wildman–Crippen MR) is 21.5 cm³/mol. The zero-order valence-corrected chi connectivity index (χ0v) is 6.63. The molecule has 0 saturated carbocycles. The minimum absolute atomic E-state index is 0. The van der Waals surface area contributed by atoms with Crippen molar-refractivity contribution in [3.63, 3.8) is 0 Å². The Kier molecular flexibility index (Phi) is 686. The first-order valence-corrected chi connectivity index (χ1v) is 0.507. The molecule has 6 heavy (non-hydrogen) atoms. The fourth-order valence-electron chi connectivity index (χ4n) is 0. The molecule has 0 rings (SSSR count). The average Bonchev–Trinajstić information content (AvgIpc) is 1.00. The Balaban J connectivity index is -0.000000000833. The van der Waals surface area contributed by atoms with E-state index < -0.39 is 0 Å². The Bertz CT molecular complexity index is 9.51. The van der Waals surface area contributed by atoms with E-state index in [0.717, 1.165) is 0 Å². The standard InChI is InChI=1S/2Al.ClHO.ClH.H2O/c;;1-2;;/h;;2H;1H;1H2/q2*+3;;;/p-2. The van der Waals surface area contributed by atoms with Gasteiger partial charge in [0.25, 0.3) is 0 Å². The van der Waals surface area contributed by atoms with Gasteiger partial charge < -0.3 is 17.9 Å². The van der Waals surface area contributed by atoms with Crippen molar-refractivity contribution in [3.05, 3.63) is 0 Å². The molecule has 0 aliphatic carbocycles. The summed E-state index contributed by atoms with van der Waals surface area (Å²) >= 11 is 3.64. The van der Waals surface area contributed by atoms with E-state index in [1.54, 1.807) is 0 Å². The van der Waals surface area contributed by atoms with Gasteiger partial charge in [-0.3, -0.25) is 4.66 Å². The zero-order valence-electron chi connectivity index (χ0n) is 2.81. The van der Waals surface area contributed by atoms with E-state index in [1.165, 1.54) is 0 Å². The maximum Gasteiger partial charge on any atom is 3.00 e. The number of rotatable bonds is 0. The second-order valence-corrected chi connectivity index (χ2v) is 0. The molecule has 0 aliphatic heterocycles. The van der Waals surface area contributed by atoms with Crippen LogP contribution in [0.1, 0.15) is 0 Å². The van der Waals surface area contributed by atoms with Gasteiger partial charge in [0.05, 0.1) is 11.9 Å². The number of halogens is 2. The van der Waals surface area contributed by atoms with Crippen molar-refractivity contribution in [1.29, 1.82) is 0 Å². The third-order valence-electron chi connectivity index (χ3n) is 0. The minimum atomic E-state index is 0. The Morgan fingerprint density at radius 3 is 1.00 bits per heavy atom. The molecule has 0 unspecified atom stereocenters. The van der Waals surface area contributed by atoms with Crippen LogP contribution in [0.15, 0.2) is 0 Å². The van der Waals surface area contributed by atoms with E-state index in [4.69, 9.17) is 4.66 Å². The molecule has 0 amide bonds. The van der Waals surface area contributed by atoms with Gasteiger partial charge in [-0.25, -0.2) is 0 Å². The molecule has 0 aliphatic rings. The van der Waals surface area contributed by atoms with E-state index in [-0.39, 0.29) is 52.6 Å². The molecule has 0 atom stereocenters. The van der Waals surface area contributed by atoms with Gasteiger partial charge in [-0.1, -0.05) is 0 Å². The maximum atomic E-state index is 6.47. The van der Waals surface area contributed by atoms with Crippen molar-refractivity contribution in [2.45, 2.75) is 0 Å². The van der Waals surface area contributed by atoms with Crippen LogP contribution in [-0.4, -0.2) is 44.9 Å². The van der Waals surface area contributed by atoms with E-state index in [0.29, 0.717) is 0 Å². The van der Waals surface area contributed by atoms with Crippen LogP contribution in [0.4, 0.5) is 0 Å². The Hall–Kier alpha value is 1.56. The molecule has 0 fully saturated rings. The molecule has 30 valence electrons. The van der Waals surface area contributed by atoms with E-state index in [1.807, 2.05) is 0 Å². The van der Waals surface area contributed by atoms with Gasteiger partial charge in [0.15, 0.2) is 0 Å². The maximum absolute atomic E-state index is 6.47. The van der Waals surface area contributed by atoms with Gasteiger partial charge in [-0.2, -0.15) is 0 Å². The Morgan fingerprint density at radius 2 is 1.00 bits per heavy atom. The zero-order chi connectivity index (χ0) is 2.00. The Morgan fingerprint density at radius 1 is 1.00 bits per heavy atom. The molecular weight excluding hydrogens is 157 g/mol. The van der Waals surface area contributed by atoms with Crippen LogP contribution >= 0.6 is 11.9 Å². The molecule has 2 N–H and O–H groups in total. The molecule has 0 spiro atoms. The average molecular weight is 159 g/mol. The van der Waals surface area contributed by atoms with Gasteiger partial charge in [0, 0.05) is 0 Å². The van der Waals surface area contributed by atoms with Crippen LogP contribution in [0, 0.1) is 0 Å². The van der Waals surface area contributed by atoms with Gasteiger partial charge in [-0.05, 0) is 0 Å². The Labute approximate surface area is 69.0 Å². The first-order chi connectivity index (χ1) is 1.00. The summed E-state index contributed by atoms with van der Waals surface area (Å²) in [7, 11) is 0. The van der Waals surface area contributed by atoms with Crippen molar-refractivity contribution >= 4 is 46.6 Å². The summed E-state index contributed by atoms with van der Waals surface area (Å²) in [6, 6.07) is 0. The van der Waals surface area contributed by atoms with Gasteiger partial charge >= 0.3 is 34.7 Å². The number of hydrogen-bond acceptors (Lipinski definition) is 2. The van der Waals surface area contributed by atoms with Crippen LogP contribution < -0.4 is 12.4 Å². The van der Waals surface area contributed by atoms with Crippen LogP contribution in [0.5, 0.6) is 0 Å². The second kappa shape index (κ2) is 83.0. The minimum Gasteiger partial charge on any atom is -1.00 e. The van der Waals surface area contributed by atoms with Crippen molar-refractivity contribution in [3.8, 4) is 0 Å². The van der Waals surface area contributed by atoms with Gasteiger partial charge in [0.1, 0.15) is 0 Å². The van der Waals surface area contributed by atoms with Gasteiger partial charge in [0.2, 0.25) is 0 Å². The predicted octanol–water partition coefficient (Wildman–Crippen LogP) is -3.80. The summed E-state index contributed by atoms with van der Waals surface area (Å²) in [4.78, 5) is 0. The fourth-order valence-corrected chi connectivity index (χ4v) is 0. The largest absolute Gasteiger partial charge is 3.00 e. The molecule has 0 saturated heterocycles. The summed E-state index contributed by atoms with van der Waals surface area (Å²) < 4.78 is 6.47. The van der Waals surface area contributed by atoms with Crippen LogP contribution in [0.3, 0.4) is 0 Å². The summed E-state index contributed by atoms with van der Waals surface area (Å²) in [6.07, 6.45) is 0. The molecule has 0 aromatic rings. The molecular formula is H2Al2Cl2O2+4. The van der Waals surface area contributed by atoms with Gasteiger partial charge in [-0.15, -0.1) is 0 Å². The molecule has 0 aromatic heterocycles. The van der Waals surface area contributed by atoms with Crippen molar-refractivity contribution in [2.24, 2.45) is 0 Å². The monoisotopic (exact) mass is 158 g/mol. The normalized spacial score (nSPS) is 1.00. The molecule has 0 bridgehead atoms. The third-order valence-corrected chi connectivity index (χ3v) is 0. The summed E-state index contributed by atoms with van der Waals surface area (Å²) in [5.41, 5.74) is 0. The third kappa shape index (κ3) is 47.4. The first-order valence-electron chi connectivity index (χ1n) is 0.169. The van der Waals surface area contributed by atoms with E-state index in [2.05, 4.69) is 11.9 Å². The molecule has 0 aromatic carbocycles. The summed E-state index contributed by atoms with van der Waals surface area (Å²) in [5.74, 6) is 0. The number of hydrogen-bond donors (Lipinski definition) is 1. The molecule has 0 heterocycles. The topological polar surface area (TPSA) is 50.2 Å². The smallest absolute Gasteiger partial charge is 1.00 e. The second-order valence-electron chi connectivity index (χ2n) is 0. The summed E-state index contributed by atoms with van der Waals surface area (Å²) in [6.45, 7) is 0. The molecule has 2 nitrogen and oxygen atoms in total. The molecule has 6 heteroatoms.